The lowest BCUT2D eigenvalue weighted by Gasteiger charge is -1.76. The first-order chi connectivity index (χ1) is 3.70. The molecule has 1 rings (SSSR count). The van der Waals surface area contributed by atoms with Gasteiger partial charge in [0.15, 0.2) is 0 Å². The first-order valence-corrected chi connectivity index (χ1v) is 3.99. The Morgan fingerprint density at radius 1 is 1.75 bits per heavy atom. The molecule has 0 amide bonds. The summed E-state index contributed by atoms with van der Waals surface area (Å²) in [6.07, 6.45) is 0. The fourth-order valence-electron chi connectivity index (χ4n) is 0.376. The molecule has 4 heteroatoms. The highest BCUT2D eigenvalue weighted by molar-refractivity contribution is 9.10. The number of thiophene rings is 1. The van der Waals surface area contributed by atoms with Gasteiger partial charge in [-0.05, 0) is 26.8 Å². The van der Waals surface area contributed by atoms with Crippen LogP contribution in [-0.2, 0) is 0 Å². The summed E-state index contributed by atoms with van der Waals surface area (Å²) in [4.78, 5) is 0. The molecular formula is C4H2BBrS2. The highest BCUT2D eigenvalue weighted by atomic mass is 79.9. The fourth-order valence-corrected chi connectivity index (χ4v) is 1.95. The molecule has 1 heterocycles. The summed E-state index contributed by atoms with van der Waals surface area (Å²) in [5, 5.41) is 0. The van der Waals surface area contributed by atoms with E-state index in [4.69, 9.17) is 7.85 Å². The molecule has 0 bridgehead atoms. The van der Waals surface area contributed by atoms with Crippen molar-refractivity contribution in [2.45, 2.75) is 4.21 Å². The first-order valence-electron chi connectivity index (χ1n) is 1.94. The molecule has 1 aromatic heterocycles. The van der Waals surface area contributed by atoms with Gasteiger partial charge < -0.3 is 0 Å². The van der Waals surface area contributed by atoms with Crippen molar-refractivity contribution in [3.05, 3.63) is 10.5 Å². The molecule has 0 aliphatic carbocycles. The molecular weight excluding hydrogens is 203 g/mol. The van der Waals surface area contributed by atoms with E-state index in [1.807, 2.05) is 6.07 Å². The van der Waals surface area contributed by atoms with E-state index in [9.17, 15) is 0 Å². The fraction of sp³-hybridized carbons (Fsp3) is 0. The summed E-state index contributed by atoms with van der Waals surface area (Å²) in [5.41, 5.74) is 0. The second kappa shape index (κ2) is 2.46. The summed E-state index contributed by atoms with van der Waals surface area (Å²) >= 11 is 8.84. The maximum Gasteiger partial charge on any atom is 0.128 e. The van der Waals surface area contributed by atoms with E-state index in [0.717, 1.165) is 13.5 Å². The zero-order chi connectivity index (χ0) is 6.15. The van der Waals surface area contributed by atoms with Crippen molar-refractivity contribution in [3.63, 3.8) is 0 Å². The molecule has 0 spiro atoms. The van der Waals surface area contributed by atoms with Crippen LogP contribution < -0.4 is 4.78 Å². The largest absolute Gasteiger partial charge is 0.145 e. The van der Waals surface area contributed by atoms with Gasteiger partial charge in [0, 0.05) is 4.47 Å². The quantitative estimate of drug-likeness (QED) is 0.482. The minimum Gasteiger partial charge on any atom is -0.145 e. The van der Waals surface area contributed by atoms with E-state index in [0.29, 0.717) is 0 Å². The number of rotatable bonds is 0. The third-order valence-electron chi connectivity index (χ3n) is 0.688. The molecule has 0 aromatic carbocycles. The van der Waals surface area contributed by atoms with Crippen LogP contribution >= 0.6 is 39.9 Å². The Morgan fingerprint density at radius 2 is 2.38 bits per heavy atom. The lowest BCUT2D eigenvalue weighted by atomic mass is 10.1. The molecule has 0 saturated carbocycles. The monoisotopic (exact) mass is 204 g/mol. The molecule has 0 fully saturated rings. The molecule has 0 aliphatic rings. The molecule has 0 unspecified atom stereocenters. The number of hydrogen-bond acceptors (Lipinski definition) is 2. The van der Waals surface area contributed by atoms with E-state index in [1.54, 1.807) is 0 Å². The summed E-state index contributed by atoms with van der Waals surface area (Å²) < 4.78 is 2.70. The zero-order valence-corrected chi connectivity index (χ0v) is 7.19. The van der Waals surface area contributed by atoms with Gasteiger partial charge in [0.05, 0.1) is 4.21 Å². The Balaban J connectivity index is 3.14. The smallest absolute Gasteiger partial charge is 0.128 e. The van der Waals surface area contributed by atoms with Gasteiger partial charge in [0.2, 0.25) is 0 Å². The SMILES string of the molecule is [B]c1cc(Br)c(S)s1. The minimum absolute atomic E-state index is 0.793. The molecule has 1 aromatic rings. The van der Waals surface area contributed by atoms with E-state index in [2.05, 4.69) is 28.6 Å². The zero-order valence-electron chi connectivity index (χ0n) is 3.89. The Kier molecular flexibility index (Phi) is 2.06. The molecule has 40 valence electrons. The van der Waals surface area contributed by atoms with Gasteiger partial charge in [0.1, 0.15) is 7.85 Å². The molecule has 8 heavy (non-hydrogen) atoms. The van der Waals surface area contributed by atoms with Gasteiger partial charge in [0.25, 0.3) is 0 Å². The average Bonchev–Trinajstić information content (AvgIpc) is 1.85. The van der Waals surface area contributed by atoms with Gasteiger partial charge in [-0.3, -0.25) is 0 Å². The van der Waals surface area contributed by atoms with Crippen LogP contribution in [0.2, 0.25) is 0 Å². The Hall–Kier alpha value is 0.595. The van der Waals surface area contributed by atoms with Crippen molar-refractivity contribution in [3.8, 4) is 0 Å². The second-order valence-electron chi connectivity index (χ2n) is 1.30. The van der Waals surface area contributed by atoms with E-state index < -0.39 is 0 Å². The van der Waals surface area contributed by atoms with Gasteiger partial charge in [-0.1, -0.05) is 0 Å². The highest BCUT2D eigenvalue weighted by Gasteiger charge is 1.96. The van der Waals surface area contributed by atoms with Crippen molar-refractivity contribution < 1.29 is 0 Å². The normalized spacial score (nSPS) is 9.75. The predicted molar refractivity (Wildman–Crippen MR) is 44.7 cm³/mol. The standard InChI is InChI=1S/C4H2BBrS2/c5-3-1-2(6)4(7)8-3/h1,7H. The predicted octanol–water partition coefficient (Wildman–Crippen LogP) is 1.59. The summed E-state index contributed by atoms with van der Waals surface area (Å²) in [7, 11) is 5.42. The van der Waals surface area contributed by atoms with Crippen molar-refractivity contribution in [2.24, 2.45) is 0 Å². The molecule has 0 atom stereocenters. The Morgan fingerprint density at radius 3 is 2.50 bits per heavy atom. The molecule has 0 N–H and O–H groups in total. The highest BCUT2D eigenvalue weighted by Crippen LogP contribution is 2.23. The van der Waals surface area contributed by atoms with Crippen molar-refractivity contribution in [2.75, 3.05) is 0 Å². The van der Waals surface area contributed by atoms with Crippen LogP contribution in [0.1, 0.15) is 0 Å². The summed E-state index contributed by atoms with van der Waals surface area (Å²) in [5.74, 6) is 0. The van der Waals surface area contributed by atoms with E-state index >= 15 is 0 Å². The third-order valence-corrected chi connectivity index (χ3v) is 3.16. The number of thiol groups is 1. The lowest BCUT2D eigenvalue weighted by Crippen LogP contribution is -1.88. The summed E-state index contributed by atoms with van der Waals surface area (Å²) in [6.45, 7) is 0. The van der Waals surface area contributed by atoms with Crippen LogP contribution in [-0.4, -0.2) is 7.85 Å². The van der Waals surface area contributed by atoms with Crippen LogP contribution in [0.15, 0.2) is 14.7 Å². The van der Waals surface area contributed by atoms with E-state index in [1.165, 1.54) is 11.3 Å². The second-order valence-corrected chi connectivity index (χ2v) is 3.99. The van der Waals surface area contributed by atoms with E-state index in [-0.39, 0.29) is 0 Å². The molecule has 0 aliphatic heterocycles. The maximum absolute atomic E-state index is 5.42. The van der Waals surface area contributed by atoms with Crippen molar-refractivity contribution in [1.29, 1.82) is 0 Å². The van der Waals surface area contributed by atoms with Gasteiger partial charge in [-0.25, -0.2) is 0 Å². The topological polar surface area (TPSA) is 0 Å². The average molecular weight is 205 g/mol. The minimum atomic E-state index is 0.793. The lowest BCUT2D eigenvalue weighted by molar-refractivity contribution is 1.67. The van der Waals surface area contributed by atoms with Crippen LogP contribution in [0, 0.1) is 0 Å². The van der Waals surface area contributed by atoms with Crippen LogP contribution in [0.25, 0.3) is 0 Å². The van der Waals surface area contributed by atoms with Crippen LogP contribution in [0.4, 0.5) is 0 Å². The number of hydrogen-bond donors (Lipinski definition) is 1. The summed E-state index contributed by atoms with van der Waals surface area (Å²) in [6, 6.07) is 1.84. The third kappa shape index (κ3) is 1.30. The molecule has 2 radical (unpaired) electrons. The first kappa shape index (κ1) is 6.71. The maximum atomic E-state index is 5.42. The van der Waals surface area contributed by atoms with Gasteiger partial charge in [-0.15, -0.1) is 24.0 Å². The number of halogens is 1. The van der Waals surface area contributed by atoms with Crippen LogP contribution in [0.5, 0.6) is 0 Å². The molecule has 0 nitrogen and oxygen atoms in total. The molecule has 0 saturated heterocycles. The van der Waals surface area contributed by atoms with Crippen molar-refractivity contribution in [1.82, 2.24) is 0 Å². The van der Waals surface area contributed by atoms with Crippen molar-refractivity contribution >= 4 is 52.5 Å². The Bertz CT molecular complexity index is 176. The Labute approximate surface area is 67.2 Å². The van der Waals surface area contributed by atoms with Crippen LogP contribution in [0.3, 0.4) is 0 Å². The van der Waals surface area contributed by atoms with Gasteiger partial charge in [-0.2, -0.15) is 0 Å². The van der Waals surface area contributed by atoms with Gasteiger partial charge >= 0.3 is 0 Å².